The molecular formula is C8H8BO4. The first kappa shape index (κ1) is 9.60. The van der Waals surface area contributed by atoms with Crippen molar-refractivity contribution >= 4 is 18.9 Å². The highest BCUT2D eigenvalue weighted by Gasteiger charge is 2.11. The minimum absolute atomic E-state index is 0.0327. The monoisotopic (exact) mass is 179 g/mol. The van der Waals surface area contributed by atoms with Crippen molar-refractivity contribution in [2.45, 2.75) is 0 Å². The van der Waals surface area contributed by atoms with E-state index in [9.17, 15) is 4.79 Å². The van der Waals surface area contributed by atoms with E-state index in [1.165, 1.54) is 19.2 Å². The Hall–Kier alpha value is -1.49. The Morgan fingerprint density at radius 1 is 1.54 bits per heavy atom. The van der Waals surface area contributed by atoms with Crippen LogP contribution in [0.5, 0.6) is 5.75 Å². The summed E-state index contributed by atoms with van der Waals surface area (Å²) in [5.74, 6) is -0.807. The summed E-state index contributed by atoms with van der Waals surface area (Å²) in [7, 11) is 2.23. The van der Waals surface area contributed by atoms with Gasteiger partial charge in [0, 0.05) is 0 Å². The summed E-state index contributed by atoms with van der Waals surface area (Å²) in [5.41, 5.74) is 0.462. The number of carboxylic acid groups (broad SMARTS) is 1. The van der Waals surface area contributed by atoms with E-state index in [1.807, 2.05) is 0 Å². The lowest BCUT2D eigenvalue weighted by Crippen LogP contribution is -2.15. The molecule has 0 saturated carbocycles. The van der Waals surface area contributed by atoms with Crippen molar-refractivity contribution in [3.05, 3.63) is 23.8 Å². The van der Waals surface area contributed by atoms with Gasteiger partial charge in [-0.1, -0.05) is 11.5 Å². The van der Waals surface area contributed by atoms with E-state index in [0.717, 1.165) is 7.48 Å². The van der Waals surface area contributed by atoms with Gasteiger partial charge in [-0.05, 0) is 12.1 Å². The summed E-state index contributed by atoms with van der Waals surface area (Å²) < 4.78 is 4.83. The van der Waals surface area contributed by atoms with Gasteiger partial charge < -0.3 is 14.9 Å². The molecule has 1 aromatic carbocycles. The van der Waals surface area contributed by atoms with Gasteiger partial charge in [-0.2, -0.15) is 0 Å². The molecule has 0 fully saturated rings. The van der Waals surface area contributed by atoms with Crippen LogP contribution in [0.15, 0.2) is 18.2 Å². The lowest BCUT2D eigenvalue weighted by Gasteiger charge is -2.05. The largest absolute Gasteiger partial charge is 0.496 e. The lowest BCUT2D eigenvalue weighted by molar-refractivity contribution is 0.0693. The summed E-state index contributed by atoms with van der Waals surface area (Å²) in [6, 6.07) is 4.39. The van der Waals surface area contributed by atoms with Crippen LogP contribution >= 0.6 is 0 Å². The Balaban J connectivity index is 3.18. The van der Waals surface area contributed by atoms with Crippen LogP contribution in [0, 0.1) is 0 Å². The van der Waals surface area contributed by atoms with Crippen molar-refractivity contribution in [3.63, 3.8) is 0 Å². The molecule has 1 radical (unpaired) electrons. The number of methoxy groups -OCH3 is 1. The molecule has 0 unspecified atom stereocenters. The van der Waals surface area contributed by atoms with Gasteiger partial charge in [0.05, 0.1) is 7.11 Å². The van der Waals surface area contributed by atoms with Crippen molar-refractivity contribution in [1.29, 1.82) is 0 Å². The summed E-state index contributed by atoms with van der Waals surface area (Å²) in [5, 5.41) is 17.4. The molecule has 0 bridgehead atoms. The van der Waals surface area contributed by atoms with Crippen LogP contribution in [0.3, 0.4) is 0 Å². The first-order chi connectivity index (χ1) is 6.19. The minimum atomic E-state index is -1.08. The average molecular weight is 179 g/mol. The Labute approximate surface area is 76.0 Å². The predicted molar refractivity (Wildman–Crippen MR) is 47.6 cm³/mol. The number of carboxylic acids is 1. The smallest absolute Gasteiger partial charge is 0.339 e. The molecule has 1 aromatic rings. The Morgan fingerprint density at radius 2 is 2.23 bits per heavy atom. The fraction of sp³-hybridized carbons (Fsp3) is 0.125. The lowest BCUT2D eigenvalue weighted by atomic mass is 9.87. The van der Waals surface area contributed by atoms with Gasteiger partial charge in [-0.3, -0.25) is 0 Å². The highest BCUT2D eigenvalue weighted by Crippen LogP contribution is 2.15. The quantitative estimate of drug-likeness (QED) is 0.621. The van der Waals surface area contributed by atoms with Crippen molar-refractivity contribution in [1.82, 2.24) is 0 Å². The second-order valence-corrected chi connectivity index (χ2v) is 2.39. The van der Waals surface area contributed by atoms with E-state index in [4.69, 9.17) is 14.9 Å². The molecule has 5 heteroatoms. The highest BCUT2D eigenvalue weighted by molar-refractivity contribution is 6.45. The van der Waals surface area contributed by atoms with Crippen LogP contribution in [0.4, 0.5) is 0 Å². The summed E-state index contributed by atoms with van der Waals surface area (Å²) in [6.45, 7) is 0. The zero-order chi connectivity index (χ0) is 9.84. The van der Waals surface area contributed by atoms with E-state index >= 15 is 0 Å². The van der Waals surface area contributed by atoms with Gasteiger partial charge >= 0.3 is 13.5 Å². The molecular weight excluding hydrogens is 171 g/mol. The molecule has 4 nitrogen and oxygen atoms in total. The van der Waals surface area contributed by atoms with Crippen molar-refractivity contribution in [3.8, 4) is 5.75 Å². The first-order valence-corrected chi connectivity index (χ1v) is 3.58. The van der Waals surface area contributed by atoms with Gasteiger partial charge in [0.25, 0.3) is 0 Å². The fourth-order valence-electron chi connectivity index (χ4n) is 0.973. The van der Waals surface area contributed by atoms with Gasteiger partial charge in [0.2, 0.25) is 0 Å². The summed E-state index contributed by atoms with van der Waals surface area (Å²) >= 11 is 0. The molecule has 13 heavy (non-hydrogen) atoms. The first-order valence-electron chi connectivity index (χ1n) is 3.58. The van der Waals surface area contributed by atoms with Crippen molar-refractivity contribution in [2.24, 2.45) is 0 Å². The van der Waals surface area contributed by atoms with Crippen LogP contribution in [-0.4, -0.2) is 30.7 Å². The van der Waals surface area contributed by atoms with E-state index in [-0.39, 0.29) is 11.3 Å². The van der Waals surface area contributed by atoms with Gasteiger partial charge in [0.15, 0.2) is 0 Å². The maximum atomic E-state index is 10.7. The van der Waals surface area contributed by atoms with Crippen LogP contribution in [0.2, 0.25) is 0 Å². The number of rotatable bonds is 3. The molecule has 0 amide bonds. The number of carbonyl (C=O) groups is 1. The Bertz CT molecular complexity index is 324. The Kier molecular flexibility index (Phi) is 2.92. The third-order valence-electron chi connectivity index (χ3n) is 1.60. The molecule has 1 rings (SSSR count). The summed E-state index contributed by atoms with van der Waals surface area (Å²) in [6.07, 6.45) is 0. The number of ether oxygens (including phenoxy) is 1. The number of hydrogen-bond acceptors (Lipinski definition) is 3. The highest BCUT2D eigenvalue weighted by atomic mass is 16.5. The molecule has 0 saturated heterocycles. The molecule has 0 aliphatic heterocycles. The number of aromatic carboxylic acids is 1. The van der Waals surface area contributed by atoms with Gasteiger partial charge in [-0.15, -0.1) is 0 Å². The van der Waals surface area contributed by atoms with E-state index in [2.05, 4.69) is 0 Å². The molecule has 0 heterocycles. The molecule has 0 aliphatic carbocycles. The normalized spacial score (nSPS) is 9.38. The van der Waals surface area contributed by atoms with E-state index in [1.54, 1.807) is 6.07 Å². The minimum Gasteiger partial charge on any atom is -0.496 e. The molecule has 0 aliphatic rings. The SMILES string of the molecule is COc1ccc([B]O)cc1C(=O)O. The van der Waals surface area contributed by atoms with E-state index in [0.29, 0.717) is 5.46 Å². The topological polar surface area (TPSA) is 66.8 Å². The molecule has 0 aromatic heterocycles. The van der Waals surface area contributed by atoms with Gasteiger partial charge in [0.1, 0.15) is 11.3 Å². The van der Waals surface area contributed by atoms with E-state index < -0.39 is 5.97 Å². The van der Waals surface area contributed by atoms with Crippen molar-refractivity contribution in [2.75, 3.05) is 7.11 Å². The van der Waals surface area contributed by atoms with Crippen LogP contribution < -0.4 is 10.2 Å². The maximum absolute atomic E-state index is 10.7. The fourth-order valence-corrected chi connectivity index (χ4v) is 0.973. The third-order valence-corrected chi connectivity index (χ3v) is 1.60. The third kappa shape index (κ3) is 2.00. The summed E-state index contributed by atoms with van der Waals surface area (Å²) in [4.78, 5) is 10.7. The molecule has 67 valence electrons. The maximum Gasteiger partial charge on any atom is 0.339 e. The number of hydrogen-bond donors (Lipinski definition) is 2. The van der Waals surface area contributed by atoms with Crippen molar-refractivity contribution < 1.29 is 19.7 Å². The van der Waals surface area contributed by atoms with Gasteiger partial charge in [-0.25, -0.2) is 4.79 Å². The standard InChI is InChI=1S/C8H8BO4/c1-13-7-3-2-5(9-12)4-6(7)8(10)11/h2-4,12H,1H3,(H,10,11). The average Bonchev–Trinajstić information content (AvgIpc) is 2.16. The second-order valence-electron chi connectivity index (χ2n) is 2.39. The zero-order valence-electron chi connectivity index (χ0n) is 7.02. The Morgan fingerprint density at radius 3 is 2.69 bits per heavy atom. The predicted octanol–water partition coefficient (Wildman–Crippen LogP) is -0.370. The van der Waals surface area contributed by atoms with Crippen LogP contribution in [0.25, 0.3) is 0 Å². The number of benzene rings is 1. The van der Waals surface area contributed by atoms with Crippen LogP contribution in [-0.2, 0) is 0 Å². The second kappa shape index (κ2) is 3.95. The van der Waals surface area contributed by atoms with Crippen LogP contribution in [0.1, 0.15) is 10.4 Å². The molecule has 0 atom stereocenters. The zero-order valence-corrected chi connectivity index (χ0v) is 7.02. The molecule has 0 spiro atoms. The molecule has 2 N–H and O–H groups in total.